The fourth-order valence-corrected chi connectivity index (χ4v) is 2.10. The van der Waals surface area contributed by atoms with Crippen LogP contribution in [0.5, 0.6) is 0 Å². The summed E-state index contributed by atoms with van der Waals surface area (Å²) in [6.45, 7) is 7.63. The van der Waals surface area contributed by atoms with Gasteiger partial charge in [-0.2, -0.15) is 10.2 Å². The van der Waals surface area contributed by atoms with Gasteiger partial charge in [0.05, 0.1) is 23.7 Å². The molecular formula is C13H20N4O. The highest BCUT2D eigenvalue weighted by Crippen LogP contribution is 2.19. The van der Waals surface area contributed by atoms with E-state index in [1.807, 2.05) is 48.6 Å². The lowest BCUT2D eigenvalue weighted by molar-refractivity contribution is 0.167. The molecule has 1 atom stereocenters. The highest BCUT2D eigenvalue weighted by molar-refractivity contribution is 5.15. The molecule has 0 amide bonds. The van der Waals surface area contributed by atoms with Crippen LogP contribution >= 0.6 is 0 Å². The lowest BCUT2D eigenvalue weighted by Crippen LogP contribution is -2.09. The van der Waals surface area contributed by atoms with Crippen molar-refractivity contribution in [3.63, 3.8) is 0 Å². The molecule has 5 nitrogen and oxygen atoms in total. The maximum atomic E-state index is 10.3. The second-order valence-corrected chi connectivity index (χ2v) is 4.45. The predicted molar refractivity (Wildman–Crippen MR) is 69.2 cm³/mol. The van der Waals surface area contributed by atoms with Gasteiger partial charge in [-0.25, -0.2) is 0 Å². The van der Waals surface area contributed by atoms with Gasteiger partial charge in [-0.05, 0) is 32.4 Å². The van der Waals surface area contributed by atoms with Crippen LogP contribution in [-0.4, -0.2) is 24.7 Å². The molecule has 2 rings (SSSR count). The standard InChI is InChI=1S/C13H20N4O/c1-4-16-9-11(8-14-16)7-13(18)12-6-10(3)15-17(12)5-2/h6,8-9,13,18H,4-5,7H2,1-3H3. The molecule has 1 N–H and O–H groups in total. The van der Waals surface area contributed by atoms with Crippen molar-refractivity contribution in [1.29, 1.82) is 0 Å². The number of rotatable bonds is 5. The molecule has 0 saturated heterocycles. The molecular weight excluding hydrogens is 228 g/mol. The molecule has 2 aromatic heterocycles. The monoisotopic (exact) mass is 248 g/mol. The van der Waals surface area contributed by atoms with Crippen LogP contribution in [0, 0.1) is 6.92 Å². The minimum Gasteiger partial charge on any atom is -0.386 e. The van der Waals surface area contributed by atoms with E-state index in [4.69, 9.17) is 0 Å². The molecule has 0 fully saturated rings. The van der Waals surface area contributed by atoms with Gasteiger partial charge in [-0.1, -0.05) is 0 Å². The molecule has 0 aliphatic heterocycles. The van der Waals surface area contributed by atoms with Crippen LogP contribution in [0.4, 0.5) is 0 Å². The maximum absolute atomic E-state index is 10.3. The minimum absolute atomic E-state index is 0.527. The van der Waals surface area contributed by atoms with Gasteiger partial charge in [0, 0.05) is 25.7 Å². The first-order chi connectivity index (χ1) is 8.63. The SMILES string of the molecule is CCn1cc(CC(O)c2cc(C)nn2CC)cn1. The molecule has 1 unspecified atom stereocenters. The van der Waals surface area contributed by atoms with E-state index in [1.54, 1.807) is 0 Å². The van der Waals surface area contributed by atoms with E-state index < -0.39 is 6.10 Å². The average Bonchev–Trinajstić information content (AvgIpc) is 2.95. The summed E-state index contributed by atoms with van der Waals surface area (Å²) >= 11 is 0. The summed E-state index contributed by atoms with van der Waals surface area (Å²) in [5.74, 6) is 0. The minimum atomic E-state index is -0.527. The second-order valence-electron chi connectivity index (χ2n) is 4.45. The Balaban J connectivity index is 2.13. The summed E-state index contributed by atoms with van der Waals surface area (Å²) in [6.07, 6.45) is 3.83. The van der Waals surface area contributed by atoms with Gasteiger partial charge in [0.15, 0.2) is 0 Å². The van der Waals surface area contributed by atoms with Crippen LogP contribution in [0.15, 0.2) is 18.5 Å². The fourth-order valence-electron chi connectivity index (χ4n) is 2.10. The van der Waals surface area contributed by atoms with Gasteiger partial charge < -0.3 is 5.11 Å². The van der Waals surface area contributed by atoms with E-state index in [2.05, 4.69) is 10.2 Å². The van der Waals surface area contributed by atoms with Crippen molar-refractivity contribution in [2.24, 2.45) is 0 Å². The Hall–Kier alpha value is -1.62. The van der Waals surface area contributed by atoms with E-state index >= 15 is 0 Å². The normalized spacial score (nSPS) is 12.9. The highest BCUT2D eigenvalue weighted by Gasteiger charge is 2.15. The van der Waals surface area contributed by atoms with Crippen molar-refractivity contribution in [2.45, 2.75) is 46.4 Å². The lowest BCUT2D eigenvalue weighted by atomic mass is 10.1. The van der Waals surface area contributed by atoms with Gasteiger partial charge in [-0.15, -0.1) is 0 Å². The summed E-state index contributed by atoms with van der Waals surface area (Å²) in [6, 6.07) is 1.94. The molecule has 18 heavy (non-hydrogen) atoms. The van der Waals surface area contributed by atoms with E-state index in [0.717, 1.165) is 30.0 Å². The third-order valence-corrected chi connectivity index (χ3v) is 3.01. The van der Waals surface area contributed by atoms with Crippen LogP contribution in [0.25, 0.3) is 0 Å². The molecule has 2 aromatic rings. The van der Waals surface area contributed by atoms with Crippen molar-refractivity contribution < 1.29 is 5.11 Å². The first kappa shape index (κ1) is 12.8. The number of aromatic nitrogens is 4. The molecule has 0 bridgehead atoms. The third-order valence-electron chi connectivity index (χ3n) is 3.01. The Morgan fingerprint density at radius 2 is 2.11 bits per heavy atom. The number of aliphatic hydroxyl groups excluding tert-OH is 1. The van der Waals surface area contributed by atoms with Gasteiger partial charge in [0.25, 0.3) is 0 Å². The van der Waals surface area contributed by atoms with Crippen LogP contribution < -0.4 is 0 Å². The molecule has 98 valence electrons. The zero-order valence-electron chi connectivity index (χ0n) is 11.2. The molecule has 0 aromatic carbocycles. The van der Waals surface area contributed by atoms with Crippen molar-refractivity contribution in [3.05, 3.63) is 35.4 Å². The Kier molecular flexibility index (Phi) is 3.81. The smallest absolute Gasteiger partial charge is 0.0998 e. The van der Waals surface area contributed by atoms with Crippen molar-refractivity contribution >= 4 is 0 Å². The summed E-state index contributed by atoms with van der Waals surface area (Å²) in [4.78, 5) is 0. The number of hydrogen-bond donors (Lipinski definition) is 1. The molecule has 0 radical (unpaired) electrons. The lowest BCUT2D eigenvalue weighted by Gasteiger charge is -2.11. The zero-order valence-corrected chi connectivity index (χ0v) is 11.2. The van der Waals surface area contributed by atoms with E-state index in [-0.39, 0.29) is 0 Å². The number of aliphatic hydroxyl groups is 1. The van der Waals surface area contributed by atoms with Crippen molar-refractivity contribution in [2.75, 3.05) is 0 Å². The summed E-state index contributed by atoms with van der Waals surface area (Å²) in [5.41, 5.74) is 2.86. The number of hydrogen-bond acceptors (Lipinski definition) is 3. The van der Waals surface area contributed by atoms with Crippen LogP contribution in [0.1, 0.15) is 36.9 Å². The number of nitrogens with zero attached hydrogens (tertiary/aromatic N) is 4. The Labute approximate surface area is 107 Å². The van der Waals surface area contributed by atoms with Gasteiger partial charge >= 0.3 is 0 Å². The summed E-state index contributed by atoms with van der Waals surface area (Å²) in [5, 5.41) is 18.8. The highest BCUT2D eigenvalue weighted by atomic mass is 16.3. The van der Waals surface area contributed by atoms with E-state index in [9.17, 15) is 5.11 Å². The van der Waals surface area contributed by atoms with Gasteiger partial charge in [0.1, 0.15) is 0 Å². The van der Waals surface area contributed by atoms with Gasteiger partial charge in [0.2, 0.25) is 0 Å². The van der Waals surface area contributed by atoms with Crippen LogP contribution in [0.3, 0.4) is 0 Å². The van der Waals surface area contributed by atoms with E-state index in [1.165, 1.54) is 0 Å². The van der Waals surface area contributed by atoms with Crippen LogP contribution in [0.2, 0.25) is 0 Å². The topological polar surface area (TPSA) is 55.9 Å². The largest absolute Gasteiger partial charge is 0.386 e. The van der Waals surface area contributed by atoms with Crippen LogP contribution in [-0.2, 0) is 19.5 Å². The molecule has 0 aliphatic carbocycles. The first-order valence-corrected chi connectivity index (χ1v) is 6.37. The third kappa shape index (κ3) is 2.61. The Morgan fingerprint density at radius 3 is 2.72 bits per heavy atom. The second kappa shape index (κ2) is 5.35. The Morgan fingerprint density at radius 1 is 1.33 bits per heavy atom. The maximum Gasteiger partial charge on any atom is 0.0998 e. The molecule has 0 spiro atoms. The molecule has 0 aliphatic rings. The Bertz CT molecular complexity index is 515. The molecule has 0 saturated carbocycles. The van der Waals surface area contributed by atoms with Gasteiger partial charge in [-0.3, -0.25) is 9.36 Å². The quantitative estimate of drug-likeness (QED) is 0.876. The fraction of sp³-hybridized carbons (Fsp3) is 0.538. The summed E-state index contributed by atoms with van der Waals surface area (Å²) < 4.78 is 3.72. The van der Waals surface area contributed by atoms with Crippen molar-refractivity contribution in [3.8, 4) is 0 Å². The van der Waals surface area contributed by atoms with Crippen molar-refractivity contribution in [1.82, 2.24) is 19.6 Å². The van der Waals surface area contributed by atoms with E-state index in [0.29, 0.717) is 6.42 Å². The predicted octanol–water partition coefficient (Wildman–Crippen LogP) is 1.70. The molecule has 5 heteroatoms. The first-order valence-electron chi connectivity index (χ1n) is 6.37. The summed E-state index contributed by atoms with van der Waals surface area (Å²) in [7, 11) is 0. The number of aryl methyl sites for hydroxylation is 3. The average molecular weight is 248 g/mol. The molecule has 2 heterocycles. The zero-order chi connectivity index (χ0) is 13.1.